The molecule has 2 unspecified atom stereocenters. The summed E-state index contributed by atoms with van der Waals surface area (Å²) in [4.78, 5) is 3.36. The van der Waals surface area contributed by atoms with Gasteiger partial charge in [-0.3, -0.25) is 4.57 Å². The highest BCUT2D eigenvalue weighted by molar-refractivity contribution is 7.99. The van der Waals surface area contributed by atoms with Gasteiger partial charge in [-0.05, 0) is 31.4 Å². The van der Waals surface area contributed by atoms with Gasteiger partial charge in [-0.25, -0.2) is 0 Å². The maximum absolute atomic E-state index is 5.94. The lowest BCUT2D eigenvalue weighted by molar-refractivity contribution is 0.0953. The summed E-state index contributed by atoms with van der Waals surface area (Å²) in [7, 11) is 0. The first kappa shape index (κ1) is 18.5. The Balaban J connectivity index is 1.53. The van der Waals surface area contributed by atoms with Crippen LogP contribution in [0.2, 0.25) is 0 Å². The molecule has 0 amide bonds. The third-order valence-electron chi connectivity index (χ3n) is 5.51. The molecule has 1 N–H and O–H groups in total. The Morgan fingerprint density at radius 3 is 2.79 bits per heavy atom. The van der Waals surface area contributed by atoms with E-state index in [1.807, 2.05) is 12.3 Å². The van der Waals surface area contributed by atoms with Gasteiger partial charge in [0.05, 0.1) is 12.6 Å². The van der Waals surface area contributed by atoms with Gasteiger partial charge in [-0.2, -0.15) is 0 Å². The Hall–Kier alpha value is -2.57. The number of H-pyrrole nitrogens is 1. The average Bonchev–Trinajstić information content (AvgIpc) is 3.50. The minimum Gasteiger partial charge on any atom is -0.376 e. The van der Waals surface area contributed by atoms with Crippen molar-refractivity contribution in [1.29, 1.82) is 0 Å². The van der Waals surface area contributed by atoms with E-state index in [2.05, 4.69) is 75.2 Å². The van der Waals surface area contributed by atoms with Crippen LogP contribution in [0.4, 0.5) is 0 Å². The minimum atomic E-state index is 0.223. The number of para-hydroxylation sites is 1. The van der Waals surface area contributed by atoms with Crippen molar-refractivity contribution >= 4 is 22.7 Å². The minimum absolute atomic E-state index is 0.223. The highest BCUT2D eigenvalue weighted by atomic mass is 32.2. The largest absolute Gasteiger partial charge is 0.376 e. The van der Waals surface area contributed by atoms with Crippen LogP contribution in [0.15, 0.2) is 66.0 Å². The topological polar surface area (TPSA) is 55.7 Å². The molecule has 0 radical (unpaired) electrons. The molecule has 2 aromatic carbocycles. The molecular formula is C23H24N4OS. The summed E-state index contributed by atoms with van der Waals surface area (Å²) in [6.07, 6.45) is 4.47. The van der Waals surface area contributed by atoms with E-state index in [4.69, 9.17) is 4.74 Å². The molecular weight excluding hydrogens is 380 g/mol. The Morgan fingerprint density at radius 1 is 1.14 bits per heavy atom. The van der Waals surface area contributed by atoms with E-state index < -0.39 is 0 Å². The molecule has 0 bridgehead atoms. The third-order valence-corrected chi connectivity index (χ3v) is 6.65. The van der Waals surface area contributed by atoms with Crippen LogP contribution in [-0.4, -0.2) is 32.5 Å². The summed E-state index contributed by atoms with van der Waals surface area (Å²) < 4.78 is 8.18. The molecule has 4 aromatic rings. The van der Waals surface area contributed by atoms with Crippen molar-refractivity contribution in [2.75, 3.05) is 6.61 Å². The molecule has 3 heterocycles. The van der Waals surface area contributed by atoms with Crippen molar-refractivity contribution in [1.82, 2.24) is 19.7 Å². The predicted molar refractivity (Wildman–Crippen MR) is 117 cm³/mol. The second kappa shape index (κ2) is 8.05. The summed E-state index contributed by atoms with van der Waals surface area (Å²) in [5.41, 5.74) is 3.49. The summed E-state index contributed by atoms with van der Waals surface area (Å²) in [6.45, 7) is 3.85. The van der Waals surface area contributed by atoms with Crippen LogP contribution in [0.5, 0.6) is 0 Å². The van der Waals surface area contributed by atoms with E-state index in [0.717, 1.165) is 48.1 Å². The number of aromatic nitrogens is 4. The van der Waals surface area contributed by atoms with Crippen molar-refractivity contribution in [2.24, 2.45) is 0 Å². The fraction of sp³-hybridized carbons (Fsp3) is 0.304. The number of aromatic amines is 1. The predicted octanol–water partition coefficient (Wildman–Crippen LogP) is 5.46. The molecule has 0 spiro atoms. The summed E-state index contributed by atoms with van der Waals surface area (Å²) in [5, 5.41) is 11.6. The first-order valence-electron chi connectivity index (χ1n) is 10.1. The Kier molecular flexibility index (Phi) is 5.12. The normalized spacial score (nSPS) is 17.8. The molecule has 2 atom stereocenters. The monoisotopic (exact) mass is 404 g/mol. The zero-order valence-electron chi connectivity index (χ0n) is 16.4. The zero-order valence-corrected chi connectivity index (χ0v) is 17.2. The molecule has 2 aromatic heterocycles. The highest BCUT2D eigenvalue weighted by Crippen LogP contribution is 2.37. The van der Waals surface area contributed by atoms with Gasteiger partial charge in [0.1, 0.15) is 0 Å². The Labute approximate surface area is 174 Å². The van der Waals surface area contributed by atoms with Gasteiger partial charge < -0.3 is 9.72 Å². The molecule has 1 saturated heterocycles. The number of ether oxygens (including phenoxy) is 1. The number of rotatable bonds is 6. The number of benzene rings is 2. The first-order valence-corrected chi connectivity index (χ1v) is 11.0. The number of nitrogens with zero attached hydrogens (tertiary/aromatic N) is 3. The van der Waals surface area contributed by atoms with Gasteiger partial charge in [0.25, 0.3) is 0 Å². The van der Waals surface area contributed by atoms with Gasteiger partial charge >= 0.3 is 0 Å². The van der Waals surface area contributed by atoms with Crippen molar-refractivity contribution in [3.05, 3.63) is 66.4 Å². The standard InChI is InChI=1S/C23H24N4OS/c1-16(17-8-3-2-4-9-17)29-23-26-25-22(27(23)15-18-10-7-13-28-18)20-14-24-21-12-6-5-11-19(20)21/h2-6,8-9,11-12,14,16,18,24H,7,10,13,15H2,1H3. The van der Waals surface area contributed by atoms with Crippen LogP contribution in [0.3, 0.4) is 0 Å². The number of thioether (sulfide) groups is 1. The quantitative estimate of drug-likeness (QED) is 0.434. The number of fused-ring (bicyclic) bond motifs is 1. The van der Waals surface area contributed by atoms with Crippen LogP contribution in [0, 0.1) is 0 Å². The maximum atomic E-state index is 5.94. The fourth-order valence-electron chi connectivity index (χ4n) is 3.94. The van der Waals surface area contributed by atoms with Crippen molar-refractivity contribution in [3.63, 3.8) is 0 Å². The Bertz CT molecular complexity index is 1100. The lowest BCUT2D eigenvalue weighted by atomic mass is 10.1. The molecule has 1 aliphatic rings. The molecule has 5 rings (SSSR count). The molecule has 148 valence electrons. The van der Waals surface area contributed by atoms with Crippen molar-refractivity contribution < 1.29 is 4.74 Å². The van der Waals surface area contributed by atoms with Gasteiger partial charge in [-0.15, -0.1) is 10.2 Å². The second-order valence-electron chi connectivity index (χ2n) is 7.47. The molecule has 1 aliphatic heterocycles. The summed E-state index contributed by atoms with van der Waals surface area (Å²) >= 11 is 1.75. The SMILES string of the molecule is CC(Sc1nnc(-c2c[nH]c3ccccc23)n1CC1CCCO1)c1ccccc1. The van der Waals surface area contributed by atoms with Crippen LogP contribution in [0.1, 0.15) is 30.6 Å². The van der Waals surface area contributed by atoms with E-state index >= 15 is 0 Å². The third kappa shape index (κ3) is 3.70. The number of nitrogens with one attached hydrogen (secondary N) is 1. The summed E-state index contributed by atoms with van der Waals surface area (Å²) in [5.74, 6) is 0.903. The molecule has 5 nitrogen and oxygen atoms in total. The zero-order chi connectivity index (χ0) is 19.6. The van der Waals surface area contributed by atoms with E-state index in [9.17, 15) is 0 Å². The average molecular weight is 405 g/mol. The lowest BCUT2D eigenvalue weighted by Gasteiger charge is -2.16. The van der Waals surface area contributed by atoms with Crippen LogP contribution < -0.4 is 0 Å². The molecule has 29 heavy (non-hydrogen) atoms. The fourth-order valence-corrected chi connectivity index (χ4v) is 4.92. The van der Waals surface area contributed by atoms with Crippen molar-refractivity contribution in [2.45, 2.75) is 42.8 Å². The smallest absolute Gasteiger partial charge is 0.192 e. The molecule has 1 fully saturated rings. The van der Waals surface area contributed by atoms with Gasteiger partial charge in [0.15, 0.2) is 11.0 Å². The van der Waals surface area contributed by atoms with E-state index in [1.54, 1.807) is 11.8 Å². The van der Waals surface area contributed by atoms with Crippen LogP contribution in [0.25, 0.3) is 22.3 Å². The first-order chi connectivity index (χ1) is 14.3. The second-order valence-corrected chi connectivity index (χ2v) is 8.78. The van der Waals surface area contributed by atoms with Crippen molar-refractivity contribution in [3.8, 4) is 11.4 Å². The molecule has 0 saturated carbocycles. The highest BCUT2D eigenvalue weighted by Gasteiger charge is 2.24. The van der Waals surface area contributed by atoms with Crippen LogP contribution >= 0.6 is 11.8 Å². The van der Waals surface area contributed by atoms with E-state index in [0.29, 0.717) is 5.25 Å². The number of hydrogen-bond acceptors (Lipinski definition) is 4. The lowest BCUT2D eigenvalue weighted by Crippen LogP contribution is -2.16. The molecule has 0 aliphatic carbocycles. The van der Waals surface area contributed by atoms with Gasteiger partial charge in [-0.1, -0.05) is 60.3 Å². The molecule has 6 heteroatoms. The summed E-state index contributed by atoms with van der Waals surface area (Å²) in [6, 6.07) is 18.9. The van der Waals surface area contributed by atoms with Crippen LogP contribution in [-0.2, 0) is 11.3 Å². The maximum Gasteiger partial charge on any atom is 0.192 e. The Morgan fingerprint density at radius 2 is 1.97 bits per heavy atom. The van der Waals surface area contributed by atoms with Gasteiger partial charge in [0.2, 0.25) is 0 Å². The van der Waals surface area contributed by atoms with Gasteiger partial charge in [0, 0.05) is 34.5 Å². The number of hydrogen-bond donors (Lipinski definition) is 1. The van der Waals surface area contributed by atoms with E-state index in [1.165, 1.54) is 10.9 Å². The van der Waals surface area contributed by atoms with E-state index in [-0.39, 0.29) is 6.10 Å².